The van der Waals surface area contributed by atoms with E-state index in [0.717, 1.165) is 64.7 Å². The van der Waals surface area contributed by atoms with Crippen LogP contribution in [0.15, 0.2) is 53.0 Å². The number of aromatic nitrogens is 2. The standard InChI is InChI=1S/C24H26BrClN4O/c1-17-23(25)18(2)30(27-17)16-20-4-3-5-21(14-20)24(31)29-12-10-28(11-13-29)15-19-6-8-22(26)9-7-19/h3-9,14H,10-13,15-16H2,1-2H3. The average molecular weight is 502 g/mol. The Morgan fingerprint density at radius 2 is 1.71 bits per heavy atom. The number of carbonyl (C=O) groups is 1. The molecule has 7 heteroatoms. The Morgan fingerprint density at radius 1 is 1.00 bits per heavy atom. The molecule has 1 saturated heterocycles. The van der Waals surface area contributed by atoms with Crippen LogP contribution in [-0.4, -0.2) is 51.7 Å². The summed E-state index contributed by atoms with van der Waals surface area (Å²) >= 11 is 9.55. The molecule has 3 aromatic rings. The third-order valence-electron chi connectivity index (χ3n) is 5.78. The van der Waals surface area contributed by atoms with E-state index in [1.807, 2.05) is 59.8 Å². The van der Waals surface area contributed by atoms with Gasteiger partial charge in [-0.3, -0.25) is 14.4 Å². The molecule has 1 amide bonds. The van der Waals surface area contributed by atoms with Crippen molar-refractivity contribution in [2.75, 3.05) is 26.2 Å². The van der Waals surface area contributed by atoms with Crippen LogP contribution in [0.4, 0.5) is 0 Å². The molecular formula is C24H26BrClN4O. The summed E-state index contributed by atoms with van der Waals surface area (Å²) in [4.78, 5) is 17.4. The maximum atomic E-state index is 13.1. The summed E-state index contributed by atoms with van der Waals surface area (Å²) < 4.78 is 3.01. The zero-order valence-electron chi connectivity index (χ0n) is 17.8. The lowest BCUT2D eigenvalue weighted by molar-refractivity contribution is 0.0628. The van der Waals surface area contributed by atoms with E-state index in [4.69, 9.17) is 11.6 Å². The monoisotopic (exact) mass is 500 g/mol. The van der Waals surface area contributed by atoms with Gasteiger partial charge in [0.25, 0.3) is 5.91 Å². The highest BCUT2D eigenvalue weighted by Gasteiger charge is 2.22. The van der Waals surface area contributed by atoms with Gasteiger partial charge in [-0.05, 0) is 65.2 Å². The molecule has 31 heavy (non-hydrogen) atoms. The lowest BCUT2D eigenvalue weighted by atomic mass is 10.1. The number of amides is 1. The van der Waals surface area contributed by atoms with Crippen molar-refractivity contribution < 1.29 is 4.79 Å². The van der Waals surface area contributed by atoms with Crippen LogP contribution in [0.25, 0.3) is 0 Å². The minimum Gasteiger partial charge on any atom is -0.336 e. The smallest absolute Gasteiger partial charge is 0.253 e. The Labute approximate surface area is 196 Å². The van der Waals surface area contributed by atoms with Crippen LogP contribution in [0.1, 0.15) is 32.9 Å². The van der Waals surface area contributed by atoms with Gasteiger partial charge >= 0.3 is 0 Å². The van der Waals surface area contributed by atoms with Gasteiger partial charge in [-0.25, -0.2) is 0 Å². The molecule has 0 spiro atoms. The van der Waals surface area contributed by atoms with Crippen LogP contribution in [0.2, 0.25) is 5.02 Å². The minimum absolute atomic E-state index is 0.0996. The molecule has 0 N–H and O–H groups in total. The van der Waals surface area contributed by atoms with Crippen molar-refractivity contribution in [1.82, 2.24) is 19.6 Å². The van der Waals surface area contributed by atoms with E-state index in [2.05, 4.69) is 38.1 Å². The summed E-state index contributed by atoms with van der Waals surface area (Å²) in [6, 6.07) is 15.9. The van der Waals surface area contributed by atoms with E-state index in [9.17, 15) is 4.79 Å². The van der Waals surface area contributed by atoms with E-state index in [-0.39, 0.29) is 5.91 Å². The minimum atomic E-state index is 0.0996. The molecule has 5 nitrogen and oxygen atoms in total. The van der Waals surface area contributed by atoms with Crippen LogP contribution in [0, 0.1) is 13.8 Å². The second kappa shape index (κ2) is 9.55. The molecule has 2 heterocycles. The van der Waals surface area contributed by atoms with Crippen molar-refractivity contribution in [2.24, 2.45) is 0 Å². The van der Waals surface area contributed by atoms with Crippen molar-refractivity contribution >= 4 is 33.4 Å². The first kappa shape index (κ1) is 22.1. The summed E-state index contributed by atoms with van der Waals surface area (Å²) in [5, 5.41) is 5.33. The van der Waals surface area contributed by atoms with E-state index in [0.29, 0.717) is 6.54 Å². The van der Waals surface area contributed by atoms with Crippen molar-refractivity contribution in [3.8, 4) is 0 Å². The predicted molar refractivity (Wildman–Crippen MR) is 128 cm³/mol. The van der Waals surface area contributed by atoms with E-state index in [1.165, 1.54) is 5.56 Å². The molecule has 0 aliphatic carbocycles. The maximum Gasteiger partial charge on any atom is 0.253 e. The van der Waals surface area contributed by atoms with E-state index >= 15 is 0 Å². The molecule has 0 unspecified atom stereocenters. The van der Waals surface area contributed by atoms with Gasteiger partial charge in [-0.2, -0.15) is 5.10 Å². The number of carbonyl (C=O) groups excluding carboxylic acids is 1. The molecule has 0 atom stereocenters. The molecule has 1 aliphatic heterocycles. The van der Waals surface area contributed by atoms with Crippen molar-refractivity contribution in [3.05, 3.63) is 86.1 Å². The summed E-state index contributed by atoms with van der Waals surface area (Å²) in [5.41, 5.74) is 5.12. The second-order valence-corrected chi connectivity index (χ2v) is 9.27. The molecule has 162 valence electrons. The maximum absolute atomic E-state index is 13.1. The predicted octanol–water partition coefficient (Wildman–Crippen LogP) is 4.92. The van der Waals surface area contributed by atoms with Crippen molar-refractivity contribution in [1.29, 1.82) is 0 Å². The first-order valence-corrected chi connectivity index (χ1v) is 11.6. The fraction of sp³-hybridized carbons (Fsp3) is 0.333. The number of benzene rings is 2. The first-order valence-electron chi connectivity index (χ1n) is 10.5. The molecule has 4 rings (SSSR count). The SMILES string of the molecule is Cc1nn(Cc2cccc(C(=O)N3CCN(Cc4ccc(Cl)cc4)CC3)c2)c(C)c1Br. The van der Waals surface area contributed by atoms with E-state index < -0.39 is 0 Å². The van der Waals surface area contributed by atoms with Gasteiger partial charge in [0, 0.05) is 43.3 Å². The van der Waals surface area contributed by atoms with Crippen LogP contribution in [0.5, 0.6) is 0 Å². The zero-order valence-corrected chi connectivity index (χ0v) is 20.2. The van der Waals surface area contributed by atoms with Gasteiger partial charge in [0.05, 0.1) is 22.4 Å². The van der Waals surface area contributed by atoms with Crippen molar-refractivity contribution in [3.63, 3.8) is 0 Å². The third kappa shape index (κ3) is 5.20. The number of aryl methyl sites for hydroxylation is 1. The van der Waals surface area contributed by atoms with Crippen molar-refractivity contribution in [2.45, 2.75) is 26.9 Å². The molecule has 2 aromatic carbocycles. The summed E-state index contributed by atoms with van der Waals surface area (Å²) in [6.45, 7) is 8.77. The fourth-order valence-corrected chi connectivity index (χ4v) is 4.35. The molecule has 0 saturated carbocycles. The lowest BCUT2D eigenvalue weighted by Crippen LogP contribution is -2.48. The topological polar surface area (TPSA) is 41.4 Å². The molecule has 1 aliphatic rings. The molecular weight excluding hydrogens is 476 g/mol. The van der Waals surface area contributed by atoms with Gasteiger partial charge in [-0.15, -0.1) is 0 Å². The highest BCUT2D eigenvalue weighted by molar-refractivity contribution is 9.10. The number of halogens is 2. The second-order valence-electron chi connectivity index (χ2n) is 8.04. The van der Waals surface area contributed by atoms with Gasteiger partial charge in [0.15, 0.2) is 0 Å². The number of rotatable bonds is 5. The highest BCUT2D eigenvalue weighted by Crippen LogP contribution is 2.21. The number of nitrogens with zero attached hydrogens (tertiary/aromatic N) is 4. The number of piperazine rings is 1. The largest absolute Gasteiger partial charge is 0.336 e. The molecule has 1 aromatic heterocycles. The van der Waals surface area contributed by atoms with Crippen LogP contribution >= 0.6 is 27.5 Å². The summed E-state index contributed by atoms with van der Waals surface area (Å²) in [7, 11) is 0. The highest BCUT2D eigenvalue weighted by atomic mass is 79.9. The first-order chi connectivity index (χ1) is 14.9. The third-order valence-corrected chi connectivity index (χ3v) is 7.18. The van der Waals surface area contributed by atoms with E-state index in [1.54, 1.807) is 0 Å². The quantitative estimate of drug-likeness (QED) is 0.498. The van der Waals surface area contributed by atoms with Gasteiger partial charge < -0.3 is 4.90 Å². The number of hydrogen-bond acceptors (Lipinski definition) is 3. The Balaban J connectivity index is 1.37. The average Bonchev–Trinajstić information content (AvgIpc) is 3.02. The Bertz CT molecular complexity index is 1070. The van der Waals surface area contributed by atoms with Gasteiger partial charge in [0.1, 0.15) is 0 Å². The van der Waals surface area contributed by atoms with Gasteiger partial charge in [0.2, 0.25) is 0 Å². The van der Waals surface area contributed by atoms with Crippen LogP contribution in [-0.2, 0) is 13.1 Å². The summed E-state index contributed by atoms with van der Waals surface area (Å²) in [6.07, 6.45) is 0. The summed E-state index contributed by atoms with van der Waals surface area (Å²) in [5.74, 6) is 0.0996. The van der Waals surface area contributed by atoms with Crippen LogP contribution < -0.4 is 0 Å². The van der Waals surface area contributed by atoms with Gasteiger partial charge in [-0.1, -0.05) is 35.9 Å². The Morgan fingerprint density at radius 3 is 2.35 bits per heavy atom. The number of hydrogen-bond donors (Lipinski definition) is 0. The van der Waals surface area contributed by atoms with Crippen LogP contribution in [0.3, 0.4) is 0 Å². The molecule has 0 radical (unpaired) electrons. The normalized spacial score (nSPS) is 14.8. The fourth-order valence-electron chi connectivity index (χ4n) is 3.94. The Kier molecular flexibility index (Phi) is 6.80. The molecule has 1 fully saturated rings. The molecule has 0 bridgehead atoms. The lowest BCUT2D eigenvalue weighted by Gasteiger charge is -2.34. The zero-order chi connectivity index (χ0) is 22.0. The Hall–Kier alpha value is -2.15.